The molecule has 2 N–H and O–H groups in total. The SMILES string of the molecule is COc1cc(Nc2ccc3c(C4CCNCC4)cn(C)c3c2C)ccc1F. The first-order valence-corrected chi connectivity index (χ1v) is 9.48. The van der Waals surface area contributed by atoms with Crippen LogP contribution in [0.1, 0.15) is 29.9 Å². The number of aromatic nitrogens is 1. The van der Waals surface area contributed by atoms with Crippen molar-refractivity contribution in [1.29, 1.82) is 0 Å². The van der Waals surface area contributed by atoms with E-state index in [1.165, 1.54) is 48.0 Å². The van der Waals surface area contributed by atoms with Crippen molar-refractivity contribution in [3.63, 3.8) is 0 Å². The van der Waals surface area contributed by atoms with E-state index in [1.54, 1.807) is 12.1 Å². The first kappa shape index (κ1) is 17.9. The van der Waals surface area contributed by atoms with Crippen molar-refractivity contribution in [2.75, 3.05) is 25.5 Å². The van der Waals surface area contributed by atoms with E-state index in [2.05, 4.69) is 47.5 Å². The van der Waals surface area contributed by atoms with Gasteiger partial charge in [0.05, 0.1) is 12.6 Å². The van der Waals surface area contributed by atoms with Gasteiger partial charge < -0.3 is 19.9 Å². The van der Waals surface area contributed by atoms with Crippen LogP contribution in [0.4, 0.5) is 15.8 Å². The summed E-state index contributed by atoms with van der Waals surface area (Å²) in [6.07, 6.45) is 4.67. The molecule has 2 heterocycles. The molecule has 0 atom stereocenters. The van der Waals surface area contributed by atoms with Gasteiger partial charge in [-0.25, -0.2) is 4.39 Å². The fourth-order valence-electron chi connectivity index (χ4n) is 4.22. The summed E-state index contributed by atoms with van der Waals surface area (Å²) in [6, 6.07) is 9.17. The average molecular weight is 367 g/mol. The highest BCUT2D eigenvalue weighted by Crippen LogP contribution is 2.37. The summed E-state index contributed by atoms with van der Waals surface area (Å²) in [5.74, 6) is 0.504. The molecule has 1 aliphatic heterocycles. The lowest BCUT2D eigenvalue weighted by Crippen LogP contribution is -2.26. The van der Waals surface area contributed by atoms with Gasteiger partial charge in [0, 0.05) is 36.1 Å². The smallest absolute Gasteiger partial charge is 0.165 e. The number of benzene rings is 2. The van der Waals surface area contributed by atoms with E-state index in [4.69, 9.17) is 4.74 Å². The van der Waals surface area contributed by atoms with Crippen molar-refractivity contribution in [2.24, 2.45) is 7.05 Å². The Morgan fingerprint density at radius 3 is 2.70 bits per heavy atom. The van der Waals surface area contributed by atoms with Crippen LogP contribution in [-0.4, -0.2) is 24.8 Å². The van der Waals surface area contributed by atoms with Gasteiger partial charge in [-0.3, -0.25) is 0 Å². The number of methoxy groups -OCH3 is 1. The van der Waals surface area contributed by atoms with Crippen molar-refractivity contribution in [3.8, 4) is 5.75 Å². The van der Waals surface area contributed by atoms with Crippen molar-refractivity contribution in [2.45, 2.75) is 25.7 Å². The topological polar surface area (TPSA) is 38.2 Å². The third-order valence-electron chi connectivity index (χ3n) is 5.64. The second kappa shape index (κ2) is 7.24. The van der Waals surface area contributed by atoms with Crippen molar-refractivity contribution >= 4 is 22.3 Å². The van der Waals surface area contributed by atoms with E-state index in [-0.39, 0.29) is 11.6 Å². The molecule has 1 aromatic heterocycles. The molecule has 0 aliphatic carbocycles. The van der Waals surface area contributed by atoms with Crippen LogP contribution in [-0.2, 0) is 7.05 Å². The predicted molar refractivity (Wildman–Crippen MR) is 109 cm³/mol. The lowest BCUT2D eigenvalue weighted by molar-refractivity contribution is 0.387. The van der Waals surface area contributed by atoms with Crippen molar-refractivity contribution < 1.29 is 9.13 Å². The van der Waals surface area contributed by atoms with Gasteiger partial charge >= 0.3 is 0 Å². The average Bonchev–Trinajstić information content (AvgIpc) is 3.03. The van der Waals surface area contributed by atoms with Gasteiger partial charge in [-0.1, -0.05) is 6.07 Å². The molecule has 4 rings (SSSR count). The molecule has 0 saturated carbocycles. The Bertz CT molecular complexity index is 973. The molecule has 27 heavy (non-hydrogen) atoms. The molecule has 1 fully saturated rings. The first-order chi connectivity index (χ1) is 13.1. The standard InChI is InChI=1S/C22H26FN3O/c1-14-20(25-16-4-6-19(23)21(12-16)27-3)7-5-17-18(13-26(2)22(14)17)15-8-10-24-11-9-15/h4-7,12-13,15,24-25H,8-11H2,1-3H3. The molecule has 0 amide bonds. The minimum absolute atomic E-state index is 0.241. The van der Waals surface area contributed by atoms with E-state index in [1.807, 2.05) is 0 Å². The van der Waals surface area contributed by atoms with Crippen LogP contribution in [0.15, 0.2) is 36.5 Å². The zero-order valence-corrected chi connectivity index (χ0v) is 16.1. The molecule has 4 nitrogen and oxygen atoms in total. The number of halogens is 1. The zero-order valence-electron chi connectivity index (χ0n) is 16.1. The molecule has 0 spiro atoms. The third kappa shape index (κ3) is 3.28. The van der Waals surface area contributed by atoms with Gasteiger partial charge in [0.15, 0.2) is 11.6 Å². The van der Waals surface area contributed by atoms with Crippen LogP contribution in [0.5, 0.6) is 5.75 Å². The number of fused-ring (bicyclic) bond motifs is 1. The highest BCUT2D eigenvalue weighted by molar-refractivity contribution is 5.92. The number of ether oxygens (including phenoxy) is 1. The summed E-state index contributed by atoms with van der Waals surface area (Å²) in [7, 11) is 3.59. The largest absolute Gasteiger partial charge is 0.494 e. The Balaban J connectivity index is 1.71. The number of hydrogen-bond donors (Lipinski definition) is 2. The summed E-state index contributed by atoms with van der Waals surface area (Å²) in [6.45, 7) is 4.32. The molecule has 2 aromatic carbocycles. The van der Waals surface area contributed by atoms with Gasteiger partial charge in [0.2, 0.25) is 0 Å². The minimum Gasteiger partial charge on any atom is -0.494 e. The highest BCUT2D eigenvalue weighted by Gasteiger charge is 2.21. The molecule has 0 bridgehead atoms. The minimum atomic E-state index is -0.357. The molecule has 3 aromatic rings. The summed E-state index contributed by atoms with van der Waals surface area (Å²) < 4.78 is 21.0. The number of hydrogen-bond acceptors (Lipinski definition) is 3. The number of nitrogens with zero attached hydrogens (tertiary/aromatic N) is 1. The Labute approximate surface area is 159 Å². The summed E-state index contributed by atoms with van der Waals surface area (Å²) >= 11 is 0. The summed E-state index contributed by atoms with van der Waals surface area (Å²) in [5, 5.41) is 8.20. The fourth-order valence-corrected chi connectivity index (χ4v) is 4.22. The number of nitrogens with one attached hydrogen (secondary N) is 2. The van der Waals surface area contributed by atoms with Gasteiger partial charge in [0.1, 0.15) is 0 Å². The number of piperidine rings is 1. The predicted octanol–water partition coefficient (Wildman–Crippen LogP) is 4.85. The summed E-state index contributed by atoms with van der Waals surface area (Å²) in [4.78, 5) is 0. The van der Waals surface area contributed by atoms with Gasteiger partial charge in [-0.15, -0.1) is 0 Å². The van der Waals surface area contributed by atoms with Gasteiger partial charge in [0.25, 0.3) is 0 Å². The molecule has 0 unspecified atom stereocenters. The van der Waals surface area contributed by atoms with Gasteiger partial charge in [-0.05, 0) is 68.1 Å². The Hall–Kier alpha value is -2.53. The highest BCUT2D eigenvalue weighted by atomic mass is 19.1. The van der Waals surface area contributed by atoms with Crippen LogP contribution < -0.4 is 15.4 Å². The van der Waals surface area contributed by atoms with Gasteiger partial charge in [-0.2, -0.15) is 0 Å². The Morgan fingerprint density at radius 2 is 1.96 bits per heavy atom. The lowest BCUT2D eigenvalue weighted by atomic mass is 9.89. The molecule has 1 saturated heterocycles. The maximum Gasteiger partial charge on any atom is 0.165 e. The quantitative estimate of drug-likeness (QED) is 0.693. The van der Waals surface area contributed by atoms with E-state index >= 15 is 0 Å². The van der Waals surface area contributed by atoms with Crippen LogP contribution in [0.3, 0.4) is 0 Å². The second-order valence-corrected chi connectivity index (χ2v) is 7.33. The van der Waals surface area contributed by atoms with Crippen LogP contribution >= 0.6 is 0 Å². The van der Waals surface area contributed by atoms with Crippen LogP contribution in [0, 0.1) is 12.7 Å². The Morgan fingerprint density at radius 1 is 1.19 bits per heavy atom. The molecule has 0 radical (unpaired) electrons. The third-order valence-corrected chi connectivity index (χ3v) is 5.64. The lowest BCUT2D eigenvalue weighted by Gasteiger charge is -2.22. The monoisotopic (exact) mass is 367 g/mol. The van der Waals surface area contributed by atoms with Crippen LogP contribution in [0.2, 0.25) is 0 Å². The second-order valence-electron chi connectivity index (χ2n) is 7.33. The number of anilines is 2. The zero-order chi connectivity index (χ0) is 19.0. The first-order valence-electron chi connectivity index (χ1n) is 9.48. The summed E-state index contributed by atoms with van der Waals surface area (Å²) in [5.41, 5.74) is 5.73. The number of aryl methyl sites for hydroxylation is 2. The van der Waals surface area contributed by atoms with Crippen LogP contribution in [0.25, 0.3) is 10.9 Å². The molecule has 5 heteroatoms. The normalized spacial score (nSPS) is 15.3. The fraction of sp³-hybridized carbons (Fsp3) is 0.364. The molecule has 1 aliphatic rings. The van der Waals surface area contributed by atoms with Crippen molar-refractivity contribution in [1.82, 2.24) is 9.88 Å². The Kier molecular flexibility index (Phi) is 4.79. The maximum atomic E-state index is 13.7. The van der Waals surface area contributed by atoms with E-state index in [0.717, 1.165) is 24.5 Å². The van der Waals surface area contributed by atoms with E-state index in [9.17, 15) is 4.39 Å². The molecular formula is C22H26FN3O. The molecular weight excluding hydrogens is 341 g/mol. The van der Waals surface area contributed by atoms with E-state index < -0.39 is 0 Å². The van der Waals surface area contributed by atoms with E-state index in [0.29, 0.717) is 5.92 Å². The maximum absolute atomic E-state index is 13.7. The molecule has 142 valence electrons. The number of rotatable bonds is 4. The van der Waals surface area contributed by atoms with Crippen molar-refractivity contribution in [3.05, 3.63) is 53.5 Å².